The van der Waals surface area contributed by atoms with Crippen molar-refractivity contribution in [3.8, 4) is 0 Å². The molecule has 0 aromatic heterocycles. The van der Waals surface area contributed by atoms with Crippen molar-refractivity contribution in [2.75, 3.05) is 33.3 Å². The summed E-state index contributed by atoms with van der Waals surface area (Å²) in [6, 6.07) is 9.22. The Hall–Kier alpha value is -2.12. The lowest BCUT2D eigenvalue weighted by Gasteiger charge is -2.54. The fraction of sp³-hybridized carbons (Fsp3) is 0.680. The lowest BCUT2D eigenvalue weighted by atomic mass is 9.68. The Morgan fingerprint density at radius 3 is 2.69 bits per heavy atom. The van der Waals surface area contributed by atoms with Crippen LogP contribution >= 0.6 is 0 Å². The summed E-state index contributed by atoms with van der Waals surface area (Å²) in [4.78, 5) is 29.5. The summed E-state index contributed by atoms with van der Waals surface area (Å²) in [6.07, 6.45) is 5.44. The van der Waals surface area contributed by atoms with Gasteiger partial charge in [-0.3, -0.25) is 9.69 Å². The van der Waals surface area contributed by atoms with Crippen molar-refractivity contribution in [3.63, 3.8) is 0 Å². The Balaban J connectivity index is 1.24. The van der Waals surface area contributed by atoms with Gasteiger partial charge in [0, 0.05) is 31.7 Å². The molecule has 1 aromatic carbocycles. The summed E-state index contributed by atoms with van der Waals surface area (Å²) in [7, 11) is 1.72. The van der Waals surface area contributed by atoms with Crippen LogP contribution in [0.1, 0.15) is 56.2 Å². The normalized spacial score (nSPS) is 32.6. The molecule has 4 aliphatic rings. The first kappa shape index (κ1) is 21.7. The first-order chi connectivity index (χ1) is 15.6. The van der Waals surface area contributed by atoms with Gasteiger partial charge in [0.2, 0.25) is 0 Å². The third-order valence-corrected chi connectivity index (χ3v) is 8.42. The van der Waals surface area contributed by atoms with E-state index in [0.717, 1.165) is 45.3 Å². The molecule has 2 amide bonds. The summed E-state index contributed by atoms with van der Waals surface area (Å²) < 4.78 is 5.28. The molecule has 3 aliphatic heterocycles. The van der Waals surface area contributed by atoms with Gasteiger partial charge < -0.3 is 20.3 Å². The highest BCUT2D eigenvalue weighted by atomic mass is 16.5. The molecule has 1 aliphatic carbocycles. The van der Waals surface area contributed by atoms with Crippen LogP contribution in [0, 0.1) is 11.8 Å². The SMILES string of the molecule is CCOC(=O)C1CNC2(CCC2N2CCC(C3c4ccccc4CN3C(=O)NC)CC2)C1. The molecule has 1 saturated carbocycles. The summed E-state index contributed by atoms with van der Waals surface area (Å²) in [6.45, 7) is 5.89. The number of esters is 1. The Kier molecular flexibility index (Phi) is 5.88. The standard InChI is InChI=1S/C25H36N4O3/c1-3-32-23(30)19-14-25(27-15-19)11-8-21(25)28-12-9-17(10-13-28)22-20-7-5-4-6-18(20)16-29(22)24(31)26-2/h4-7,17,19,21-22,27H,3,8-16H2,1-2H3,(H,26,31). The second-order valence-corrected chi connectivity index (χ2v) is 9.94. The van der Waals surface area contributed by atoms with Crippen LogP contribution in [0.25, 0.3) is 0 Å². The molecule has 3 fully saturated rings. The second kappa shape index (κ2) is 8.67. The van der Waals surface area contributed by atoms with Crippen molar-refractivity contribution in [1.29, 1.82) is 0 Å². The van der Waals surface area contributed by atoms with E-state index < -0.39 is 0 Å². The maximum Gasteiger partial charge on any atom is 0.317 e. The summed E-state index contributed by atoms with van der Waals surface area (Å²) in [5.41, 5.74) is 2.68. The molecule has 7 nitrogen and oxygen atoms in total. The number of urea groups is 1. The zero-order chi connectivity index (χ0) is 22.3. The molecule has 32 heavy (non-hydrogen) atoms. The number of hydrogen-bond donors (Lipinski definition) is 2. The fourth-order valence-corrected chi connectivity index (χ4v) is 6.75. The number of amides is 2. The number of ether oxygens (including phenoxy) is 1. The molecule has 7 heteroatoms. The Bertz CT molecular complexity index is 868. The number of rotatable bonds is 4. The smallest absolute Gasteiger partial charge is 0.317 e. The Morgan fingerprint density at radius 1 is 1.22 bits per heavy atom. The highest BCUT2D eigenvalue weighted by molar-refractivity contribution is 5.75. The number of hydrogen-bond acceptors (Lipinski definition) is 5. The molecular formula is C25H36N4O3. The lowest BCUT2D eigenvalue weighted by molar-refractivity contribution is -0.147. The van der Waals surface area contributed by atoms with Crippen LogP contribution < -0.4 is 10.6 Å². The van der Waals surface area contributed by atoms with Gasteiger partial charge in [0.1, 0.15) is 0 Å². The van der Waals surface area contributed by atoms with E-state index in [1.54, 1.807) is 7.05 Å². The number of piperidine rings is 1. The van der Waals surface area contributed by atoms with Crippen LogP contribution in [0.5, 0.6) is 0 Å². The van der Waals surface area contributed by atoms with E-state index in [4.69, 9.17) is 4.74 Å². The van der Waals surface area contributed by atoms with Crippen LogP contribution in [0.15, 0.2) is 24.3 Å². The zero-order valence-corrected chi connectivity index (χ0v) is 19.3. The van der Waals surface area contributed by atoms with E-state index in [9.17, 15) is 9.59 Å². The van der Waals surface area contributed by atoms with E-state index in [0.29, 0.717) is 25.1 Å². The maximum absolute atomic E-state index is 12.6. The van der Waals surface area contributed by atoms with Crippen molar-refractivity contribution in [2.45, 2.75) is 63.2 Å². The van der Waals surface area contributed by atoms with Gasteiger partial charge in [-0.05, 0) is 69.2 Å². The molecule has 0 radical (unpaired) electrons. The van der Waals surface area contributed by atoms with E-state index >= 15 is 0 Å². The first-order valence-electron chi connectivity index (χ1n) is 12.3. The predicted molar refractivity (Wildman–Crippen MR) is 122 cm³/mol. The number of likely N-dealkylation sites (tertiary alicyclic amines) is 1. The summed E-state index contributed by atoms with van der Waals surface area (Å²) in [5, 5.41) is 6.55. The number of fused-ring (bicyclic) bond motifs is 1. The minimum Gasteiger partial charge on any atom is -0.466 e. The van der Waals surface area contributed by atoms with Gasteiger partial charge in [-0.15, -0.1) is 0 Å². The molecular weight excluding hydrogens is 404 g/mol. The number of carbonyl (C=O) groups excluding carboxylic acids is 2. The predicted octanol–water partition coefficient (Wildman–Crippen LogP) is 2.67. The average Bonchev–Trinajstić information content (AvgIpc) is 3.43. The van der Waals surface area contributed by atoms with Gasteiger partial charge in [-0.25, -0.2) is 4.79 Å². The fourth-order valence-electron chi connectivity index (χ4n) is 6.75. The van der Waals surface area contributed by atoms with Crippen LogP contribution in [0.2, 0.25) is 0 Å². The van der Waals surface area contributed by atoms with Crippen molar-refractivity contribution in [2.24, 2.45) is 11.8 Å². The monoisotopic (exact) mass is 440 g/mol. The van der Waals surface area contributed by atoms with Gasteiger partial charge in [-0.1, -0.05) is 24.3 Å². The molecule has 1 aromatic rings. The van der Waals surface area contributed by atoms with Crippen LogP contribution in [-0.2, 0) is 16.1 Å². The molecule has 2 N–H and O–H groups in total. The van der Waals surface area contributed by atoms with Crippen molar-refractivity contribution >= 4 is 12.0 Å². The third-order valence-electron chi connectivity index (χ3n) is 8.42. The minimum absolute atomic E-state index is 0.00797. The molecule has 0 bridgehead atoms. The molecule has 174 valence electrons. The quantitative estimate of drug-likeness (QED) is 0.705. The summed E-state index contributed by atoms with van der Waals surface area (Å²) in [5.74, 6) is 0.425. The number of nitrogens with zero attached hydrogens (tertiary/aromatic N) is 2. The van der Waals surface area contributed by atoms with Gasteiger partial charge >= 0.3 is 12.0 Å². The Labute approximate surface area is 190 Å². The molecule has 2 saturated heterocycles. The second-order valence-electron chi connectivity index (χ2n) is 9.94. The largest absolute Gasteiger partial charge is 0.466 e. The number of benzene rings is 1. The minimum atomic E-state index is -0.0459. The molecule has 5 rings (SSSR count). The molecule has 4 unspecified atom stereocenters. The van der Waals surface area contributed by atoms with Gasteiger partial charge in [0.15, 0.2) is 0 Å². The van der Waals surface area contributed by atoms with Gasteiger partial charge in [-0.2, -0.15) is 0 Å². The van der Waals surface area contributed by atoms with E-state index in [2.05, 4.69) is 39.8 Å². The van der Waals surface area contributed by atoms with Gasteiger partial charge in [0.25, 0.3) is 0 Å². The topological polar surface area (TPSA) is 73.9 Å². The van der Waals surface area contributed by atoms with Crippen molar-refractivity contribution < 1.29 is 14.3 Å². The van der Waals surface area contributed by atoms with Crippen LogP contribution in [0.3, 0.4) is 0 Å². The van der Waals surface area contributed by atoms with Crippen LogP contribution in [0.4, 0.5) is 4.79 Å². The zero-order valence-electron chi connectivity index (χ0n) is 19.3. The number of nitrogens with one attached hydrogen (secondary N) is 2. The highest BCUT2D eigenvalue weighted by Crippen LogP contribution is 2.47. The van der Waals surface area contributed by atoms with Crippen LogP contribution in [-0.4, -0.2) is 66.7 Å². The van der Waals surface area contributed by atoms with Crippen molar-refractivity contribution in [1.82, 2.24) is 20.4 Å². The lowest BCUT2D eigenvalue weighted by Crippen LogP contribution is -2.66. The molecule has 4 atom stereocenters. The number of carbonyl (C=O) groups is 2. The van der Waals surface area contributed by atoms with E-state index in [-0.39, 0.29) is 29.5 Å². The summed E-state index contributed by atoms with van der Waals surface area (Å²) >= 11 is 0. The maximum atomic E-state index is 12.6. The molecule has 3 heterocycles. The molecule has 1 spiro atoms. The van der Waals surface area contributed by atoms with Crippen molar-refractivity contribution in [3.05, 3.63) is 35.4 Å². The Morgan fingerprint density at radius 2 is 2.00 bits per heavy atom. The first-order valence-corrected chi connectivity index (χ1v) is 12.3. The van der Waals surface area contributed by atoms with E-state index in [1.807, 2.05) is 11.8 Å². The van der Waals surface area contributed by atoms with Gasteiger partial charge in [0.05, 0.1) is 18.6 Å². The average molecular weight is 441 g/mol. The highest BCUT2D eigenvalue weighted by Gasteiger charge is 2.55. The van der Waals surface area contributed by atoms with E-state index in [1.165, 1.54) is 17.5 Å². The third kappa shape index (κ3) is 3.59.